The maximum Gasteiger partial charge on any atom is 0.180 e. The highest BCUT2D eigenvalue weighted by molar-refractivity contribution is 9.10. The van der Waals surface area contributed by atoms with Gasteiger partial charge in [-0.2, -0.15) is 0 Å². The first-order chi connectivity index (χ1) is 26.4. The van der Waals surface area contributed by atoms with Gasteiger partial charge in [-0.05, 0) is 108 Å². The van der Waals surface area contributed by atoms with Crippen molar-refractivity contribution >= 4 is 74.8 Å². The second-order valence-corrected chi connectivity index (χ2v) is 18.7. The SMILES string of the molecule is CC(C)S(=O)(=O)c1ccc(-c2cnc(N)c(Br)n2)cc1.CC(C)S(=O)(=O)c1ccc(-c2cnc(N)c(C#Cc3cccc(N)n3)n2)cc1.Nc1cnc(Br)cn1. The summed E-state index contributed by atoms with van der Waals surface area (Å²) < 4.78 is 49.7. The van der Waals surface area contributed by atoms with Crippen LogP contribution in [-0.4, -0.2) is 62.2 Å². The van der Waals surface area contributed by atoms with Crippen molar-refractivity contribution in [2.24, 2.45) is 0 Å². The number of aromatic nitrogens is 7. The first kappa shape index (κ1) is 43.2. The van der Waals surface area contributed by atoms with Gasteiger partial charge in [0.1, 0.15) is 26.5 Å². The first-order valence-electron chi connectivity index (χ1n) is 16.4. The van der Waals surface area contributed by atoms with E-state index in [0.717, 1.165) is 5.56 Å². The van der Waals surface area contributed by atoms with Crippen molar-refractivity contribution in [3.8, 4) is 34.4 Å². The molecule has 6 rings (SSSR count). The van der Waals surface area contributed by atoms with Gasteiger partial charge >= 0.3 is 0 Å². The molecule has 0 aliphatic rings. The zero-order valence-electron chi connectivity index (χ0n) is 30.5. The van der Waals surface area contributed by atoms with E-state index in [1.807, 2.05) is 0 Å². The van der Waals surface area contributed by atoms with Gasteiger partial charge in [-0.15, -0.1) is 0 Å². The Morgan fingerprint density at radius 3 is 1.52 bits per heavy atom. The van der Waals surface area contributed by atoms with E-state index >= 15 is 0 Å². The second kappa shape index (κ2) is 18.9. The molecule has 0 radical (unpaired) electrons. The molecule has 0 amide bonds. The summed E-state index contributed by atoms with van der Waals surface area (Å²) in [5.41, 5.74) is 25.8. The molecule has 19 heteroatoms. The number of nitrogens with zero attached hydrogens (tertiary/aromatic N) is 7. The van der Waals surface area contributed by atoms with Gasteiger partial charge < -0.3 is 22.9 Å². The minimum absolute atomic E-state index is 0.194. The van der Waals surface area contributed by atoms with E-state index in [-0.39, 0.29) is 10.7 Å². The van der Waals surface area contributed by atoms with Crippen LogP contribution >= 0.6 is 31.9 Å². The van der Waals surface area contributed by atoms with Gasteiger partial charge in [0, 0.05) is 11.1 Å². The molecule has 0 unspecified atom stereocenters. The highest BCUT2D eigenvalue weighted by atomic mass is 79.9. The minimum Gasteiger partial charge on any atom is -0.384 e. The number of pyridine rings is 1. The summed E-state index contributed by atoms with van der Waals surface area (Å²) in [6.07, 6.45) is 6.11. The molecular formula is C37H37Br2N11O4S2. The average molecular weight is 924 g/mol. The quantitative estimate of drug-likeness (QED) is 0.144. The summed E-state index contributed by atoms with van der Waals surface area (Å²) in [6.45, 7) is 6.61. The summed E-state index contributed by atoms with van der Waals surface area (Å²) in [4.78, 5) is 29.1. The minimum atomic E-state index is -3.33. The lowest BCUT2D eigenvalue weighted by Gasteiger charge is -2.08. The maximum atomic E-state index is 12.2. The fourth-order valence-corrected chi connectivity index (χ4v) is 6.90. The topological polar surface area (TPSA) is 263 Å². The van der Waals surface area contributed by atoms with Crippen LogP contribution < -0.4 is 22.9 Å². The third-order valence-electron chi connectivity index (χ3n) is 7.48. The van der Waals surface area contributed by atoms with E-state index in [0.29, 0.717) is 59.9 Å². The number of halogens is 2. The Labute approximate surface area is 342 Å². The maximum absolute atomic E-state index is 12.2. The molecule has 0 fully saturated rings. The molecule has 2 aromatic carbocycles. The van der Waals surface area contributed by atoms with Gasteiger partial charge in [-0.3, -0.25) is 0 Å². The molecular weight excluding hydrogens is 886 g/mol. The van der Waals surface area contributed by atoms with Crippen LogP contribution in [0.5, 0.6) is 0 Å². The highest BCUT2D eigenvalue weighted by Gasteiger charge is 2.20. The molecule has 0 aliphatic carbocycles. The highest BCUT2D eigenvalue weighted by Crippen LogP contribution is 2.25. The summed E-state index contributed by atoms with van der Waals surface area (Å²) in [5.74, 6) is 7.03. The van der Waals surface area contributed by atoms with Gasteiger partial charge in [-0.25, -0.2) is 51.7 Å². The molecule has 4 aromatic heterocycles. The standard InChI is InChI=1S/C20H19N5O2S.C13H14BrN3O2S.C4H4BrN3/c1-13(2)28(26,27)16-9-6-14(7-10-16)18-12-23-20(22)17(25-18)11-8-15-4-3-5-19(21)24-15;1-8(2)20(18,19)10-5-3-9(4-6-10)11-7-16-13(15)12(14)17-11;5-3-1-8-4(6)2-7-3/h3-7,9-10,12-13H,1-2H3,(H2,21,24)(H2,22,23);3-8H,1-2H3,(H2,15,16);1-2H,(H2,6,8). The summed E-state index contributed by atoms with van der Waals surface area (Å²) in [6, 6.07) is 18.2. The molecule has 0 spiro atoms. The van der Waals surface area contributed by atoms with E-state index in [1.54, 1.807) is 107 Å². The molecule has 0 atom stereocenters. The van der Waals surface area contributed by atoms with Crippen LogP contribution in [0, 0.1) is 11.8 Å². The van der Waals surface area contributed by atoms with Crippen molar-refractivity contribution < 1.29 is 16.8 Å². The van der Waals surface area contributed by atoms with E-state index in [9.17, 15) is 16.8 Å². The zero-order chi connectivity index (χ0) is 41.2. The lowest BCUT2D eigenvalue weighted by molar-refractivity contribution is 0.586. The molecule has 4 heterocycles. The molecule has 0 bridgehead atoms. The number of hydrogen-bond acceptors (Lipinski definition) is 15. The number of anilines is 4. The number of rotatable bonds is 6. The van der Waals surface area contributed by atoms with Crippen LogP contribution in [0.2, 0.25) is 0 Å². The monoisotopic (exact) mass is 921 g/mol. The van der Waals surface area contributed by atoms with Gasteiger partial charge in [-0.1, -0.05) is 30.3 Å². The van der Waals surface area contributed by atoms with Crippen LogP contribution in [0.4, 0.5) is 23.3 Å². The third kappa shape index (κ3) is 11.5. The van der Waals surface area contributed by atoms with E-state index in [4.69, 9.17) is 22.9 Å². The zero-order valence-corrected chi connectivity index (χ0v) is 35.3. The number of sulfone groups is 2. The number of nitrogen functional groups attached to an aromatic ring is 4. The first-order valence-corrected chi connectivity index (χ1v) is 21.1. The van der Waals surface area contributed by atoms with Crippen LogP contribution in [-0.2, 0) is 19.7 Å². The predicted molar refractivity (Wildman–Crippen MR) is 225 cm³/mol. The van der Waals surface area contributed by atoms with Crippen molar-refractivity contribution in [1.82, 2.24) is 34.9 Å². The third-order valence-corrected chi connectivity index (χ3v) is 12.8. The molecule has 0 saturated heterocycles. The number of benzene rings is 2. The number of nitrogens with two attached hydrogens (primary N) is 4. The predicted octanol–water partition coefficient (Wildman–Crippen LogP) is 5.78. The molecule has 290 valence electrons. The van der Waals surface area contributed by atoms with E-state index < -0.39 is 30.2 Å². The van der Waals surface area contributed by atoms with E-state index in [2.05, 4.69) is 78.6 Å². The Morgan fingerprint density at radius 1 is 0.554 bits per heavy atom. The average Bonchev–Trinajstić information content (AvgIpc) is 3.17. The van der Waals surface area contributed by atoms with Crippen molar-refractivity contribution in [2.45, 2.75) is 48.0 Å². The summed E-state index contributed by atoms with van der Waals surface area (Å²) >= 11 is 6.33. The normalized spacial score (nSPS) is 11.1. The van der Waals surface area contributed by atoms with Crippen LogP contribution in [0.15, 0.2) is 111 Å². The number of hydrogen-bond donors (Lipinski definition) is 4. The Morgan fingerprint density at radius 2 is 1.07 bits per heavy atom. The van der Waals surface area contributed by atoms with Gasteiger partial charge in [0.25, 0.3) is 0 Å². The molecule has 15 nitrogen and oxygen atoms in total. The van der Waals surface area contributed by atoms with Gasteiger partial charge in [0.15, 0.2) is 37.0 Å². The fourth-order valence-electron chi connectivity index (χ4n) is 4.29. The fraction of sp³-hybridized carbons (Fsp3) is 0.162. The van der Waals surface area contributed by atoms with Crippen molar-refractivity contribution in [3.05, 3.63) is 112 Å². The summed E-state index contributed by atoms with van der Waals surface area (Å²) in [7, 11) is -6.59. The second-order valence-electron chi connectivity index (χ2n) is 12.1. The van der Waals surface area contributed by atoms with Crippen LogP contribution in [0.3, 0.4) is 0 Å². The summed E-state index contributed by atoms with van der Waals surface area (Å²) in [5, 5.41) is -0.934. The van der Waals surface area contributed by atoms with Crippen LogP contribution in [0.25, 0.3) is 22.5 Å². The Bertz CT molecular complexity index is 2560. The van der Waals surface area contributed by atoms with Gasteiger partial charge in [0.2, 0.25) is 0 Å². The van der Waals surface area contributed by atoms with E-state index in [1.165, 1.54) is 12.4 Å². The molecule has 0 saturated carbocycles. The Hall–Kier alpha value is -5.55. The largest absolute Gasteiger partial charge is 0.384 e. The Kier molecular flexibility index (Phi) is 14.5. The van der Waals surface area contributed by atoms with Crippen molar-refractivity contribution in [2.75, 3.05) is 22.9 Å². The molecule has 8 N–H and O–H groups in total. The van der Waals surface area contributed by atoms with Crippen molar-refractivity contribution in [3.63, 3.8) is 0 Å². The smallest absolute Gasteiger partial charge is 0.180 e. The lowest BCUT2D eigenvalue weighted by atomic mass is 10.1. The molecule has 56 heavy (non-hydrogen) atoms. The molecule has 6 aromatic rings. The van der Waals surface area contributed by atoms with Crippen molar-refractivity contribution in [1.29, 1.82) is 0 Å². The van der Waals surface area contributed by atoms with Gasteiger partial charge in [0.05, 0.1) is 56.5 Å². The van der Waals surface area contributed by atoms with Crippen LogP contribution in [0.1, 0.15) is 39.1 Å². The molecule has 0 aliphatic heterocycles. The Balaban J connectivity index is 0.000000215. The lowest BCUT2D eigenvalue weighted by Crippen LogP contribution is -2.13.